The monoisotopic (exact) mass is 472 g/mol. The topological polar surface area (TPSA) is 193 Å². The van der Waals surface area contributed by atoms with Gasteiger partial charge in [0, 0.05) is 48.0 Å². The van der Waals surface area contributed by atoms with E-state index in [1.807, 2.05) is 12.1 Å². The summed E-state index contributed by atoms with van der Waals surface area (Å²) in [6, 6.07) is 7.11. The molecule has 5 rings (SSSR count). The van der Waals surface area contributed by atoms with Crippen molar-refractivity contribution >= 4 is 33.0 Å². The van der Waals surface area contributed by atoms with Crippen molar-refractivity contribution in [2.75, 3.05) is 13.1 Å². The van der Waals surface area contributed by atoms with Gasteiger partial charge in [0.2, 0.25) is 15.8 Å². The molecular formula is C18H20N10O2S2. The van der Waals surface area contributed by atoms with Gasteiger partial charge in [-0.3, -0.25) is 9.71 Å². The van der Waals surface area contributed by atoms with Gasteiger partial charge < -0.3 is 16.0 Å². The molecule has 1 aromatic carbocycles. The number of hydrogen-bond acceptors (Lipinski definition) is 10. The van der Waals surface area contributed by atoms with E-state index in [1.54, 1.807) is 24.5 Å². The van der Waals surface area contributed by atoms with Crippen molar-refractivity contribution in [2.24, 2.45) is 10.9 Å². The third kappa shape index (κ3) is 3.87. The van der Waals surface area contributed by atoms with Crippen LogP contribution in [0.3, 0.4) is 0 Å². The molecule has 0 saturated carbocycles. The molecule has 0 amide bonds. The molecule has 0 bridgehead atoms. The van der Waals surface area contributed by atoms with E-state index < -0.39 is 10.0 Å². The number of aromatic amines is 2. The average Bonchev–Trinajstić information content (AvgIpc) is 3.52. The third-order valence-corrected chi connectivity index (χ3v) is 7.37. The quantitative estimate of drug-likeness (QED) is 0.207. The molecular weight excluding hydrogens is 452 g/mol. The molecule has 4 heterocycles. The van der Waals surface area contributed by atoms with Gasteiger partial charge in [0.1, 0.15) is 4.90 Å². The Morgan fingerprint density at radius 2 is 2.09 bits per heavy atom. The van der Waals surface area contributed by atoms with Gasteiger partial charge in [0.05, 0.1) is 16.6 Å². The summed E-state index contributed by atoms with van der Waals surface area (Å²) < 4.78 is 28.8. The van der Waals surface area contributed by atoms with Gasteiger partial charge >= 0.3 is 0 Å². The van der Waals surface area contributed by atoms with E-state index in [0.717, 1.165) is 23.0 Å². The van der Waals surface area contributed by atoms with Gasteiger partial charge in [0.15, 0.2) is 0 Å². The molecule has 2 atom stereocenters. The van der Waals surface area contributed by atoms with Crippen molar-refractivity contribution in [3.05, 3.63) is 36.7 Å². The number of aromatic nitrogens is 6. The molecule has 3 aromatic heterocycles. The molecule has 32 heavy (non-hydrogen) atoms. The summed E-state index contributed by atoms with van der Waals surface area (Å²) in [5.41, 5.74) is 9.17. The molecule has 8 N–H and O–H groups in total. The van der Waals surface area contributed by atoms with Crippen LogP contribution in [0.2, 0.25) is 0 Å². The molecule has 0 aliphatic carbocycles. The highest BCUT2D eigenvalue weighted by atomic mass is 32.2. The highest BCUT2D eigenvalue weighted by molar-refractivity contribution is 7.98. The van der Waals surface area contributed by atoms with Crippen LogP contribution in [0.5, 0.6) is 0 Å². The third-order valence-electron chi connectivity index (χ3n) is 5.27. The number of tetrazole rings is 1. The lowest BCUT2D eigenvalue weighted by atomic mass is 10.00. The SMILES string of the molecule is N[C@@H]1CNC[C@@H]1NSc1ccc(-c2cnc3cc[nH]c3c2)c(-c2nn[nH]n2)c1S(N)(=O)=O. The van der Waals surface area contributed by atoms with Crippen LogP contribution in [-0.4, -0.2) is 64.2 Å². The molecule has 12 nitrogen and oxygen atoms in total. The van der Waals surface area contributed by atoms with Gasteiger partial charge in [-0.1, -0.05) is 6.07 Å². The molecule has 1 aliphatic rings. The summed E-state index contributed by atoms with van der Waals surface area (Å²) in [7, 11) is -4.17. The van der Waals surface area contributed by atoms with Gasteiger partial charge in [0.25, 0.3) is 0 Å². The number of pyridine rings is 1. The van der Waals surface area contributed by atoms with E-state index >= 15 is 0 Å². The Balaban J connectivity index is 1.67. The van der Waals surface area contributed by atoms with Crippen LogP contribution in [0.1, 0.15) is 0 Å². The number of nitrogens with zero attached hydrogens (tertiary/aromatic N) is 4. The zero-order valence-electron chi connectivity index (χ0n) is 16.6. The maximum atomic E-state index is 12.8. The lowest BCUT2D eigenvalue weighted by molar-refractivity contribution is 0.595. The van der Waals surface area contributed by atoms with E-state index in [1.165, 1.54) is 0 Å². The van der Waals surface area contributed by atoms with Crippen molar-refractivity contribution < 1.29 is 8.42 Å². The van der Waals surface area contributed by atoms with Crippen molar-refractivity contribution in [2.45, 2.75) is 21.9 Å². The minimum absolute atomic E-state index is 0.0267. The zero-order chi connectivity index (χ0) is 22.3. The van der Waals surface area contributed by atoms with E-state index in [-0.39, 0.29) is 28.4 Å². The second-order valence-electron chi connectivity index (χ2n) is 7.38. The summed E-state index contributed by atoms with van der Waals surface area (Å²) in [5.74, 6) is 0.109. The van der Waals surface area contributed by atoms with Crippen molar-refractivity contribution in [1.29, 1.82) is 0 Å². The highest BCUT2D eigenvalue weighted by Gasteiger charge is 2.29. The first kappa shape index (κ1) is 21.0. The first-order chi connectivity index (χ1) is 15.4. The minimum Gasteiger partial charge on any atom is -0.360 e. The fourth-order valence-corrected chi connectivity index (χ4v) is 5.88. The molecule has 166 valence electrons. The largest absolute Gasteiger partial charge is 0.360 e. The maximum absolute atomic E-state index is 12.8. The van der Waals surface area contributed by atoms with Crippen LogP contribution < -0.4 is 20.9 Å². The van der Waals surface area contributed by atoms with Gasteiger partial charge in [-0.05, 0) is 40.9 Å². The van der Waals surface area contributed by atoms with Gasteiger partial charge in [-0.2, -0.15) is 5.21 Å². The molecule has 0 radical (unpaired) electrons. The first-order valence-corrected chi connectivity index (χ1v) is 12.0. The summed E-state index contributed by atoms with van der Waals surface area (Å²) in [4.78, 5) is 7.85. The van der Waals surface area contributed by atoms with E-state index in [9.17, 15) is 8.42 Å². The van der Waals surface area contributed by atoms with E-state index in [2.05, 4.69) is 40.6 Å². The molecule has 0 spiro atoms. The Labute approximate surface area is 187 Å². The number of nitrogens with one attached hydrogen (secondary N) is 4. The predicted octanol–water partition coefficient (Wildman–Crippen LogP) is -0.0468. The molecule has 1 saturated heterocycles. The molecule has 1 fully saturated rings. The fraction of sp³-hybridized carbons (Fsp3) is 0.222. The standard InChI is InChI=1S/C18H20N10O2S2/c19-11-7-21-8-14(11)26-31-15-2-1-10(9-5-13-12(23-6-9)3-4-22-13)16(17(15)32(20,29)30)18-24-27-28-25-18/h1-6,11,14,21-22,26H,7-8,19H2,(H2,20,29,30)(H,24,25,27,28)/t11-,14+/m1/s1. The van der Waals surface area contributed by atoms with Crippen LogP contribution in [0.15, 0.2) is 46.5 Å². The Hall–Kier alpha value is -2.88. The Morgan fingerprint density at radius 3 is 2.81 bits per heavy atom. The van der Waals surface area contributed by atoms with Crippen LogP contribution in [0, 0.1) is 0 Å². The smallest absolute Gasteiger partial charge is 0.239 e. The Morgan fingerprint density at radius 1 is 1.22 bits per heavy atom. The summed E-state index contributed by atoms with van der Waals surface area (Å²) >= 11 is 1.16. The number of rotatable bonds is 6. The number of hydrogen-bond donors (Lipinski definition) is 6. The van der Waals surface area contributed by atoms with Crippen LogP contribution in [-0.2, 0) is 10.0 Å². The number of fused-ring (bicyclic) bond motifs is 1. The number of H-pyrrole nitrogens is 2. The van der Waals surface area contributed by atoms with E-state index in [4.69, 9.17) is 10.9 Å². The maximum Gasteiger partial charge on any atom is 0.239 e. The zero-order valence-corrected chi connectivity index (χ0v) is 18.2. The predicted molar refractivity (Wildman–Crippen MR) is 120 cm³/mol. The molecule has 14 heteroatoms. The molecule has 0 unspecified atom stereocenters. The number of benzene rings is 1. The van der Waals surface area contributed by atoms with Gasteiger partial charge in [-0.15, -0.1) is 10.2 Å². The van der Waals surface area contributed by atoms with Crippen molar-refractivity contribution in [3.63, 3.8) is 0 Å². The number of primary sulfonamides is 1. The molecule has 1 aliphatic heterocycles. The van der Waals surface area contributed by atoms with Gasteiger partial charge in [-0.25, -0.2) is 13.6 Å². The minimum atomic E-state index is -4.17. The van der Waals surface area contributed by atoms with Crippen molar-refractivity contribution in [3.8, 4) is 22.5 Å². The highest BCUT2D eigenvalue weighted by Crippen LogP contribution is 2.40. The second kappa shape index (κ2) is 8.23. The number of nitrogens with two attached hydrogens (primary N) is 2. The van der Waals surface area contributed by atoms with Crippen LogP contribution >= 0.6 is 11.9 Å². The molecule has 4 aromatic rings. The van der Waals surface area contributed by atoms with Crippen LogP contribution in [0.25, 0.3) is 33.5 Å². The lowest BCUT2D eigenvalue weighted by Crippen LogP contribution is -2.40. The average molecular weight is 473 g/mol. The number of sulfonamides is 1. The normalized spacial score (nSPS) is 19.1. The summed E-state index contributed by atoms with van der Waals surface area (Å²) in [6.45, 7) is 1.36. The van der Waals surface area contributed by atoms with E-state index in [0.29, 0.717) is 29.1 Å². The van der Waals surface area contributed by atoms with Crippen molar-refractivity contribution in [1.82, 2.24) is 40.6 Å². The fourth-order valence-electron chi connectivity index (χ4n) is 3.71. The second-order valence-corrected chi connectivity index (χ2v) is 9.76. The Kier molecular flexibility index (Phi) is 5.40. The Bertz CT molecular complexity index is 1370. The summed E-state index contributed by atoms with van der Waals surface area (Å²) in [6.07, 6.45) is 3.45. The lowest BCUT2D eigenvalue weighted by Gasteiger charge is -2.19. The first-order valence-electron chi connectivity index (χ1n) is 9.67. The van der Waals surface area contributed by atoms with Crippen LogP contribution in [0.4, 0.5) is 0 Å². The summed E-state index contributed by atoms with van der Waals surface area (Å²) in [5, 5.41) is 22.9.